The molecule has 1 aromatic carbocycles. The van der Waals surface area contributed by atoms with Gasteiger partial charge in [-0.1, -0.05) is 0 Å². The van der Waals surface area contributed by atoms with Crippen LogP contribution in [0, 0.1) is 5.92 Å². The van der Waals surface area contributed by atoms with E-state index in [-0.39, 0.29) is 5.92 Å². The maximum Gasteiger partial charge on any atom is 0.316 e. The number of aliphatic carboxylic acids is 1. The number of hydrogen-bond donors (Lipinski definition) is 2. The molecule has 150 valence electrons. The highest BCUT2D eigenvalue weighted by molar-refractivity contribution is 8.00. The van der Waals surface area contributed by atoms with Crippen molar-refractivity contribution in [3.63, 3.8) is 0 Å². The average Bonchev–Trinajstić information content (AvgIpc) is 3.12. The summed E-state index contributed by atoms with van der Waals surface area (Å²) in [6, 6.07) is 7.74. The standard InChI is InChI=1S/C21H25NO4S2/c1-13(20(23)24)28-16-3-4-18-17(11-16)21(25,15-5-8-22(2)9-6-15)19-14(12-26-18)7-10-27-19/h3-4,7,10-11,13,15,25H,5-6,8-9,12H2,1-2H3,(H,23,24). The van der Waals surface area contributed by atoms with E-state index < -0.39 is 16.8 Å². The van der Waals surface area contributed by atoms with Crippen LogP contribution < -0.4 is 4.74 Å². The summed E-state index contributed by atoms with van der Waals surface area (Å²) in [5, 5.41) is 22.9. The highest BCUT2D eigenvalue weighted by atomic mass is 32.2. The molecule has 2 unspecified atom stereocenters. The molecule has 7 heteroatoms. The summed E-state index contributed by atoms with van der Waals surface area (Å²) in [5.41, 5.74) is 0.696. The van der Waals surface area contributed by atoms with Crippen molar-refractivity contribution in [2.75, 3.05) is 20.1 Å². The molecule has 1 aromatic heterocycles. The number of rotatable bonds is 4. The van der Waals surface area contributed by atoms with Crippen molar-refractivity contribution in [3.8, 4) is 5.75 Å². The fraction of sp³-hybridized carbons (Fsp3) is 0.476. The van der Waals surface area contributed by atoms with Crippen LogP contribution in [0.4, 0.5) is 0 Å². The van der Waals surface area contributed by atoms with E-state index in [2.05, 4.69) is 11.9 Å². The van der Waals surface area contributed by atoms with Gasteiger partial charge in [0.05, 0.1) is 0 Å². The van der Waals surface area contributed by atoms with Crippen LogP contribution in [-0.4, -0.2) is 46.5 Å². The Bertz CT molecular complexity index is 875. The van der Waals surface area contributed by atoms with Gasteiger partial charge in [-0.25, -0.2) is 0 Å². The zero-order valence-electron chi connectivity index (χ0n) is 16.1. The quantitative estimate of drug-likeness (QED) is 0.735. The predicted molar refractivity (Wildman–Crippen MR) is 111 cm³/mol. The summed E-state index contributed by atoms with van der Waals surface area (Å²) in [7, 11) is 2.11. The lowest BCUT2D eigenvalue weighted by Gasteiger charge is -2.41. The molecule has 0 aliphatic carbocycles. The van der Waals surface area contributed by atoms with E-state index in [1.165, 1.54) is 11.8 Å². The maximum absolute atomic E-state index is 12.2. The van der Waals surface area contributed by atoms with E-state index in [1.807, 2.05) is 29.6 Å². The number of likely N-dealkylation sites (tertiary alicyclic amines) is 1. The van der Waals surface area contributed by atoms with Gasteiger partial charge >= 0.3 is 5.97 Å². The van der Waals surface area contributed by atoms with Crippen LogP contribution in [0.25, 0.3) is 0 Å². The summed E-state index contributed by atoms with van der Waals surface area (Å²) in [6.07, 6.45) is 1.82. The molecule has 1 saturated heterocycles. The second-order valence-corrected chi connectivity index (χ2v) is 9.99. The molecule has 0 bridgehead atoms. The van der Waals surface area contributed by atoms with Crippen LogP contribution in [0.2, 0.25) is 0 Å². The topological polar surface area (TPSA) is 70.0 Å². The molecule has 0 radical (unpaired) electrons. The predicted octanol–water partition coefficient (Wildman–Crippen LogP) is 3.78. The Kier molecular flexibility index (Phi) is 5.44. The first-order valence-electron chi connectivity index (χ1n) is 9.54. The van der Waals surface area contributed by atoms with E-state index in [9.17, 15) is 15.0 Å². The molecule has 28 heavy (non-hydrogen) atoms. The third-order valence-electron chi connectivity index (χ3n) is 5.81. The monoisotopic (exact) mass is 419 g/mol. The van der Waals surface area contributed by atoms with Crippen molar-refractivity contribution in [1.82, 2.24) is 4.90 Å². The molecule has 2 atom stereocenters. The highest BCUT2D eigenvalue weighted by Crippen LogP contribution is 2.50. The molecule has 5 nitrogen and oxygen atoms in total. The average molecular weight is 420 g/mol. The lowest BCUT2D eigenvalue weighted by molar-refractivity contribution is -0.136. The molecule has 0 saturated carbocycles. The molecule has 1 fully saturated rings. The Balaban J connectivity index is 1.80. The minimum absolute atomic E-state index is 0.0960. The Hall–Kier alpha value is -1.54. The van der Waals surface area contributed by atoms with E-state index in [0.29, 0.717) is 12.4 Å². The van der Waals surface area contributed by atoms with Crippen molar-refractivity contribution >= 4 is 29.1 Å². The van der Waals surface area contributed by atoms with Gasteiger partial charge in [0.1, 0.15) is 23.2 Å². The fourth-order valence-electron chi connectivity index (χ4n) is 4.15. The van der Waals surface area contributed by atoms with E-state index in [1.54, 1.807) is 18.3 Å². The van der Waals surface area contributed by atoms with Gasteiger partial charge in [0.2, 0.25) is 0 Å². The van der Waals surface area contributed by atoms with Crippen molar-refractivity contribution in [3.05, 3.63) is 45.6 Å². The van der Waals surface area contributed by atoms with Gasteiger partial charge in [-0.05, 0) is 75.5 Å². The molecule has 2 aliphatic heterocycles. The van der Waals surface area contributed by atoms with Crippen molar-refractivity contribution < 1.29 is 19.7 Å². The Morgan fingerprint density at radius 1 is 1.36 bits per heavy atom. The molecule has 2 aliphatic rings. The van der Waals surface area contributed by atoms with Crippen LogP contribution >= 0.6 is 23.1 Å². The van der Waals surface area contributed by atoms with Crippen molar-refractivity contribution in [2.45, 2.75) is 42.1 Å². The second kappa shape index (κ2) is 7.71. The fourth-order valence-corrected chi connectivity index (χ4v) is 6.10. The van der Waals surface area contributed by atoms with Crippen LogP contribution in [0.1, 0.15) is 35.8 Å². The number of benzene rings is 1. The van der Waals surface area contributed by atoms with Gasteiger partial charge in [0.15, 0.2) is 0 Å². The first kappa shape index (κ1) is 19.8. The number of fused-ring (bicyclic) bond motifs is 2. The summed E-state index contributed by atoms with van der Waals surface area (Å²) >= 11 is 2.88. The third-order valence-corrected chi connectivity index (χ3v) is 7.97. The van der Waals surface area contributed by atoms with Crippen LogP contribution in [0.3, 0.4) is 0 Å². The van der Waals surface area contributed by atoms with E-state index in [0.717, 1.165) is 46.8 Å². The first-order chi connectivity index (χ1) is 13.4. The lowest BCUT2D eigenvalue weighted by atomic mass is 9.74. The van der Waals surface area contributed by atoms with Gasteiger partial charge in [0.25, 0.3) is 0 Å². The summed E-state index contributed by atoms with van der Waals surface area (Å²) in [4.78, 5) is 15.4. The number of carboxylic acid groups (broad SMARTS) is 1. The highest BCUT2D eigenvalue weighted by Gasteiger charge is 2.46. The van der Waals surface area contributed by atoms with Crippen LogP contribution in [-0.2, 0) is 17.0 Å². The van der Waals surface area contributed by atoms with Gasteiger partial charge in [-0.15, -0.1) is 23.1 Å². The molecule has 0 spiro atoms. The number of nitrogens with zero attached hydrogens (tertiary/aromatic N) is 1. The molecule has 4 rings (SSSR count). The summed E-state index contributed by atoms with van der Waals surface area (Å²) in [6.45, 7) is 4.03. The normalized spacial score (nSPS) is 24.0. The SMILES string of the molecule is CC(Sc1ccc2c(c1)C(O)(C1CCN(C)CC1)c1sccc1CO2)C(=O)O. The van der Waals surface area contributed by atoms with Gasteiger partial charge in [0, 0.05) is 20.9 Å². The van der Waals surface area contributed by atoms with Crippen LogP contribution in [0.15, 0.2) is 34.5 Å². The Morgan fingerprint density at radius 3 is 2.82 bits per heavy atom. The van der Waals surface area contributed by atoms with Crippen molar-refractivity contribution in [2.24, 2.45) is 5.92 Å². The number of thioether (sulfide) groups is 1. The lowest BCUT2D eigenvalue weighted by Crippen LogP contribution is -2.43. The Labute approximate surface area is 173 Å². The van der Waals surface area contributed by atoms with Gasteiger partial charge in [-0.3, -0.25) is 4.79 Å². The summed E-state index contributed by atoms with van der Waals surface area (Å²) < 4.78 is 6.06. The number of carbonyl (C=O) groups is 1. The second-order valence-electron chi connectivity index (χ2n) is 7.66. The molecule has 2 N–H and O–H groups in total. The minimum atomic E-state index is -1.11. The number of aliphatic hydroxyl groups is 1. The number of thiophene rings is 1. The first-order valence-corrected chi connectivity index (χ1v) is 11.3. The number of carboxylic acids is 1. The zero-order valence-corrected chi connectivity index (χ0v) is 17.7. The summed E-state index contributed by atoms with van der Waals surface area (Å²) in [5.74, 6) is -0.0573. The van der Waals surface area contributed by atoms with Gasteiger partial charge < -0.3 is 19.8 Å². The van der Waals surface area contributed by atoms with E-state index in [4.69, 9.17) is 4.74 Å². The van der Waals surface area contributed by atoms with E-state index >= 15 is 0 Å². The van der Waals surface area contributed by atoms with Crippen LogP contribution in [0.5, 0.6) is 5.75 Å². The number of hydrogen-bond acceptors (Lipinski definition) is 6. The largest absolute Gasteiger partial charge is 0.488 e. The minimum Gasteiger partial charge on any atom is -0.488 e. The zero-order chi connectivity index (χ0) is 19.9. The number of ether oxygens (including phenoxy) is 1. The third kappa shape index (κ3) is 3.45. The molecule has 3 heterocycles. The molecular formula is C21H25NO4S2. The Morgan fingerprint density at radius 2 is 2.11 bits per heavy atom. The smallest absolute Gasteiger partial charge is 0.316 e. The number of piperidine rings is 1. The molecule has 2 aromatic rings. The molecular weight excluding hydrogens is 394 g/mol. The van der Waals surface area contributed by atoms with Gasteiger partial charge in [-0.2, -0.15) is 0 Å². The molecule has 0 amide bonds. The van der Waals surface area contributed by atoms with Crippen molar-refractivity contribution in [1.29, 1.82) is 0 Å². The maximum atomic E-state index is 12.2.